The molecule has 2 aromatic carbocycles. The molecule has 1 aliphatic heterocycles. The first-order chi connectivity index (χ1) is 16.3. The molecule has 0 atom stereocenters. The molecule has 0 saturated carbocycles. The average Bonchev–Trinajstić information content (AvgIpc) is 3.11. The van der Waals surface area contributed by atoms with Crippen LogP contribution in [0.15, 0.2) is 48.5 Å². The number of piperazine rings is 1. The zero-order valence-electron chi connectivity index (χ0n) is 20.5. The second kappa shape index (κ2) is 10.6. The molecule has 1 N–H and O–H groups in total. The average molecular weight is 479 g/mol. The fraction of sp³-hybridized carbons (Fsp3) is 0.423. The number of rotatable bonds is 7. The summed E-state index contributed by atoms with van der Waals surface area (Å²) in [6.45, 7) is 12.7. The molecule has 0 spiro atoms. The van der Waals surface area contributed by atoms with E-state index in [4.69, 9.17) is 17.3 Å². The molecular weight excluding hydrogens is 444 g/mol. The van der Waals surface area contributed by atoms with Gasteiger partial charge in [-0.05, 0) is 52.0 Å². The molecule has 1 aliphatic rings. The topological polar surface area (TPSA) is 58.3 Å². The lowest BCUT2D eigenvalue weighted by Crippen LogP contribution is -2.50. The second-order valence-corrected chi connectivity index (χ2v) is 9.77. The van der Waals surface area contributed by atoms with E-state index in [0.717, 1.165) is 43.3 Å². The molecule has 7 nitrogen and oxygen atoms in total. The maximum Gasteiger partial charge on any atom is 0.234 e. The first-order valence-electron chi connectivity index (χ1n) is 11.9. The van der Waals surface area contributed by atoms with Crippen LogP contribution in [0.4, 0.5) is 0 Å². The first kappa shape index (κ1) is 24.3. The molecule has 1 fully saturated rings. The van der Waals surface area contributed by atoms with Crippen molar-refractivity contribution in [2.24, 2.45) is 0 Å². The minimum atomic E-state index is 0.0882. The van der Waals surface area contributed by atoms with Gasteiger partial charge in [0.15, 0.2) is 5.82 Å². The lowest BCUT2D eigenvalue weighted by atomic mass is 10.1. The Bertz CT molecular complexity index is 1170. The summed E-state index contributed by atoms with van der Waals surface area (Å²) in [7, 11) is 0. The summed E-state index contributed by atoms with van der Waals surface area (Å²) in [6.07, 6.45) is 0. The van der Waals surface area contributed by atoms with E-state index in [9.17, 15) is 4.79 Å². The lowest BCUT2D eigenvalue weighted by molar-refractivity contribution is -0.123. The Morgan fingerprint density at radius 1 is 0.941 bits per heavy atom. The number of aryl methyl sites for hydroxylation is 2. The Hall–Kier alpha value is -2.81. The highest BCUT2D eigenvalue weighted by molar-refractivity contribution is 7.71. The van der Waals surface area contributed by atoms with Gasteiger partial charge in [0.05, 0.1) is 13.2 Å². The highest BCUT2D eigenvalue weighted by Crippen LogP contribution is 2.24. The quantitative estimate of drug-likeness (QED) is 0.524. The molecule has 0 unspecified atom stereocenters. The van der Waals surface area contributed by atoms with Gasteiger partial charge in [0, 0.05) is 43.5 Å². The van der Waals surface area contributed by atoms with Gasteiger partial charge in [-0.1, -0.05) is 47.5 Å². The van der Waals surface area contributed by atoms with Gasteiger partial charge in [-0.15, -0.1) is 5.10 Å². The van der Waals surface area contributed by atoms with Gasteiger partial charge >= 0.3 is 0 Å². The number of nitrogens with one attached hydrogen (secondary N) is 1. The molecule has 0 radical (unpaired) electrons. The molecule has 1 amide bonds. The lowest BCUT2D eigenvalue weighted by Gasteiger charge is -2.34. The summed E-state index contributed by atoms with van der Waals surface area (Å²) in [5.41, 5.74) is 4.47. The summed E-state index contributed by atoms with van der Waals surface area (Å²) in [4.78, 5) is 16.6. The number of amides is 1. The normalized spacial score (nSPS) is 15.1. The maximum absolute atomic E-state index is 12.1. The Kier molecular flexibility index (Phi) is 7.60. The molecule has 4 rings (SSSR count). The Morgan fingerprint density at radius 2 is 1.50 bits per heavy atom. The molecule has 1 saturated heterocycles. The van der Waals surface area contributed by atoms with E-state index in [2.05, 4.69) is 82.1 Å². The third kappa shape index (κ3) is 5.81. The summed E-state index contributed by atoms with van der Waals surface area (Å²) >= 11 is 5.92. The fourth-order valence-electron chi connectivity index (χ4n) is 4.16. The Labute approximate surface area is 207 Å². The zero-order chi connectivity index (χ0) is 24.2. The van der Waals surface area contributed by atoms with Crippen LogP contribution < -0.4 is 5.32 Å². The van der Waals surface area contributed by atoms with Crippen molar-refractivity contribution in [2.75, 3.05) is 32.7 Å². The van der Waals surface area contributed by atoms with E-state index in [-0.39, 0.29) is 11.9 Å². The maximum atomic E-state index is 12.1. The molecule has 2 heterocycles. The summed E-state index contributed by atoms with van der Waals surface area (Å²) in [6, 6.07) is 17.0. The van der Waals surface area contributed by atoms with E-state index in [1.165, 1.54) is 11.1 Å². The van der Waals surface area contributed by atoms with E-state index < -0.39 is 0 Å². The highest BCUT2D eigenvalue weighted by atomic mass is 32.1. The molecule has 0 bridgehead atoms. The van der Waals surface area contributed by atoms with Crippen molar-refractivity contribution in [1.82, 2.24) is 29.5 Å². The summed E-state index contributed by atoms with van der Waals surface area (Å²) in [5, 5.41) is 7.93. The van der Waals surface area contributed by atoms with Crippen LogP contribution >= 0.6 is 12.2 Å². The van der Waals surface area contributed by atoms with Crippen LogP contribution in [0.1, 0.15) is 25.0 Å². The van der Waals surface area contributed by atoms with E-state index >= 15 is 0 Å². The summed E-state index contributed by atoms with van der Waals surface area (Å²) in [5.74, 6) is 0.933. The molecular formula is C26H34N6OS. The van der Waals surface area contributed by atoms with Crippen molar-refractivity contribution >= 4 is 18.1 Å². The number of carbonyl (C=O) groups is 1. The van der Waals surface area contributed by atoms with Crippen molar-refractivity contribution in [3.63, 3.8) is 0 Å². The molecule has 3 aromatic rings. The van der Waals surface area contributed by atoms with Crippen molar-refractivity contribution in [2.45, 2.75) is 40.4 Å². The van der Waals surface area contributed by atoms with E-state index in [0.29, 0.717) is 18.0 Å². The van der Waals surface area contributed by atoms with Crippen LogP contribution in [0.5, 0.6) is 0 Å². The van der Waals surface area contributed by atoms with Crippen molar-refractivity contribution in [1.29, 1.82) is 0 Å². The molecule has 34 heavy (non-hydrogen) atoms. The smallest absolute Gasteiger partial charge is 0.234 e. The van der Waals surface area contributed by atoms with Gasteiger partial charge in [-0.25, -0.2) is 4.68 Å². The van der Waals surface area contributed by atoms with Gasteiger partial charge in [0.2, 0.25) is 10.7 Å². The number of hydrogen-bond donors (Lipinski definition) is 1. The van der Waals surface area contributed by atoms with Gasteiger partial charge in [0.1, 0.15) is 0 Å². The Balaban J connectivity index is 1.53. The molecule has 0 aliphatic carbocycles. The molecule has 8 heteroatoms. The minimum absolute atomic E-state index is 0.0882. The fourth-order valence-corrected chi connectivity index (χ4v) is 4.46. The van der Waals surface area contributed by atoms with Gasteiger partial charge in [0.25, 0.3) is 0 Å². The van der Waals surface area contributed by atoms with Crippen molar-refractivity contribution < 1.29 is 4.79 Å². The van der Waals surface area contributed by atoms with Gasteiger partial charge in [-0.2, -0.15) is 0 Å². The number of carbonyl (C=O) groups excluding carboxylic acids is 1. The monoisotopic (exact) mass is 478 g/mol. The zero-order valence-corrected chi connectivity index (χ0v) is 21.3. The molecule has 1 aromatic heterocycles. The van der Waals surface area contributed by atoms with E-state index in [1.54, 1.807) is 0 Å². The van der Waals surface area contributed by atoms with Crippen molar-refractivity contribution in [3.8, 4) is 17.1 Å². The number of nitrogens with zero attached hydrogens (tertiary/aromatic N) is 5. The van der Waals surface area contributed by atoms with Crippen LogP contribution in [0.25, 0.3) is 17.1 Å². The van der Waals surface area contributed by atoms with E-state index in [1.807, 2.05) is 18.5 Å². The van der Waals surface area contributed by atoms with Crippen LogP contribution in [-0.2, 0) is 11.5 Å². The number of hydrogen-bond acceptors (Lipinski definition) is 5. The first-order valence-corrected chi connectivity index (χ1v) is 12.3. The standard InChI is InChI=1S/C26H34N6OS/c1-19(2)27-24(33)17-29-13-15-30(16-14-29)18-31-26(34)32(23-11-7-21(4)8-12-23)25(28-31)22-9-5-20(3)6-10-22/h5-12,19H,13-18H2,1-4H3,(H,27,33). The van der Waals surface area contributed by atoms with Crippen LogP contribution in [0.3, 0.4) is 0 Å². The van der Waals surface area contributed by atoms with Crippen LogP contribution in [0.2, 0.25) is 0 Å². The van der Waals surface area contributed by atoms with Crippen LogP contribution in [-0.4, -0.2) is 68.8 Å². The third-order valence-electron chi connectivity index (χ3n) is 6.06. The highest BCUT2D eigenvalue weighted by Gasteiger charge is 2.21. The SMILES string of the molecule is Cc1ccc(-c2nn(CN3CCN(CC(=O)NC(C)C)CC3)c(=S)n2-c2ccc(C)cc2)cc1. The summed E-state index contributed by atoms with van der Waals surface area (Å²) < 4.78 is 4.66. The predicted molar refractivity (Wildman–Crippen MR) is 139 cm³/mol. The van der Waals surface area contributed by atoms with Crippen LogP contribution in [0, 0.1) is 18.6 Å². The second-order valence-electron chi connectivity index (χ2n) is 9.40. The van der Waals surface area contributed by atoms with Gasteiger partial charge in [-0.3, -0.25) is 19.2 Å². The largest absolute Gasteiger partial charge is 0.353 e. The van der Waals surface area contributed by atoms with Gasteiger partial charge < -0.3 is 5.32 Å². The third-order valence-corrected chi connectivity index (χ3v) is 6.45. The number of benzene rings is 2. The minimum Gasteiger partial charge on any atom is -0.353 e. The van der Waals surface area contributed by atoms with Crippen molar-refractivity contribution in [3.05, 3.63) is 64.4 Å². The Morgan fingerprint density at radius 3 is 2.09 bits per heavy atom. The molecule has 180 valence electrons. The predicted octanol–water partition coefficient (Wildman–Crippen LogP) is 3.79. The number of aromatic nitrogens is 3.